The van der Waals surface area contributed by atoms with Crippen LogP contribution >= 0.6 is 0 Å². The SMILES string of the molecule is CC(C)(C)[Si](OCC/C=C\B(C1CCCCC1)C1CCCCC1)(c1ccccc1)c1ccccc1. The Morgan fingerprint density at radius 2 is 1.20 bits per heavy atom. The monoisotopic (exact) mass is 486 g/mol. The Morgan fingerprint density at radius 3 is 1.63 bits per heavy atom. The lowest BCUT2D eigenvalue weighted by atomic mass is 9.30. The van der Waals surface area contributed by atoms with Gasteiger partial charge in [-0.25, -0.2) is 0 Å². The van der Waals surface area contributed by atoms with E-state index in [1.165, 1.54) is 74.6 Å². The molecule has 2 aliphatic rings. The lowest BCUT2D eigenvalue weighted by Crippen LogP contribution is -2.66. The molecule has 0 aromatic heterocycles. The summed E-state index contributed by atoms with van der Waals surface area (Å²) < 4.78 is 7.13. The maximum absolute atomic E-state index is 7.13. The first-order valence-electron chi connectivity index (χ1n) is 14.4. The molecular weight excluding hydrogens is 439 g/mol. The van der Waals surface area contributed by atoms with Gasteiger partial charge in [0, 0.05) is 6.61 Å². The van der Waals surface area contributed by atoms with Crippen molar-refractivity contribution >= 4 is 25.4 Å². The molecule has 0 unspecified atom stereocenters. The third-order valence-corrected chi connectivity index (χ3v) is 13.8. The van der Waals surface area contributed by atoms with E-state index in [1.807, 2.05) is 0 Å². The standard InChI is InChI=1S/C32H47BOSi/c1-32(2,3)35(30-22-12-6-13-23-30,31-24-14-7-15-25-31)34-27-17-16-26-33(28-18-8-4-9-19-28)29-20-10-5-11-21-29/h6-7,12-16,22-26,28-29H,4-5,8-11,17-21,27H2,1-3H3/b26-16-. The topological polar surface area (TPSA) is 9.23 Å². The van der Waals surface area contributed by atoms with Crippen molar-refractivity contribution in [3.05, 3.63) is 72.7 Å². The van der Waals surface area contributed by atoms with Crippen LogP contribution < -0.4 is 10.4 Å². The van der Waals surface area contributed by atoms with Gasteiger partial charge in [-0.2, -0.15) is 0 Å². The van der Waals surface area contributed by atoms with Gasteiger partial charge in [-0.05, 0) is 21.8 Å². The van der Waals surface area contributed by atoms with Crippen molar-refractivity contribution in [3.8, 4) is 0 Å². The average molecular weight is 487 g/mol. The molecule has 0 aliphatic heterocycles. The zero-order valence-corrected chi connectivity index (χ0v) is 23.6. The van der Waals surface area contributed by atoms with Crippen molar-refractivity contribution in [2.24, 2.45) is 0 Å². The Morgan fingerprint density at radius 1 is 0.743 bits per heavy atom. The minimum atomic E-state index is -2.42. The van der Waals surface area contributed by atoms with E-state index in [1.54, 1.807) is 0 Å². The molecule has 0 N–H and O–H groups in total. The average Bonchev–Trinajstić information content (AvgIpc) is 2.90. The summed E-state index contributed by atoms with van der Waals surface area (Å²) in [6.45, 7) is 8.71. The van der Waals surface area contributed by atoms with E-state index in [4.69, 9.17) is 4.43 Å². The molecule has 188 valence electrons. The van der Waals surface area contributed by atoms with Crippen molar-refractivity contribution < 1.29 is 4.43 Å². The summed E-state index contributed by atoms with van der Waals surface area (Å²) >= 11 is 0. The van der Waals surface area contributed by atoms with E-state index in [-0.39, 0.29) is 5.04 Å². The largest absolute Gasteiger partial charge is 0.407 e. The predicted octanol–water partition coefficient (Wildman–Crippen LogP) is 8.21. The highest BCUT2D eigenvalue weighted by molar-refractivity contribution is 6.99. The second kappa shape index (κ2) is 12.6. The zero-order valence-electron chi connectivity index (χ0n) is 22.6. The fourth-order valence-corrected chi connectivity index (χ4v) is 11.6. The Labute approximate surface area is 217 Å². The van der Waals surface area contributed by atoms with Gasteiger partial charge in [-0.3, -0.25) is 0 Å². The van der Waals surface area contributed by atoms with E-state index >= 15 is 0 Å². The number of hydrogen-bond acceptors (Lipinski definition) is 1. The van der Waals surface area contributed by atoms with Crippen LogP contribution in [0.3, 0.4) is 0 Å². The molecule has 0 atom stereocenters. The molecule has 2 aromatic carbocycles. The molecule has 0 radical (unpaired) electrons. The van der Waals surface area contributed by atoms with Crippen LogP contribution in [-0.4, -0.2) is 21.6 Å². The summed E-state index contributed by atoms with van der Waals surface area (Å²) in [4.78, 5) is 0. The molecule has 0 heterocycles. The minimum Gasteiger partial charge on any atom is -0.407 e. The van der Waals surface area contributed by atoms with Crippen LogP contribution in [0.15, 0.2) is 72.7 Å². The summed E-state index contributed by atoms with van der Waals surface area (Å²) in [5, 5.41) is 2.81. The third-order valence-electron chi connectivity index (χ3n) is 8.77. The molecule has 4 rings (SSSR count). The van der Waals surface area contributed by atoms with Gasteiger partial charge < -0.3 is 4.43 Å². The number of benzene rings is 2. The highest BCUT2D eigenvalue weighted by atomic mass is 28.4. The maximum Gasteiger partial charge on any atom is 0.261 e. The van der Waals surface area contributed by atoms with Gasteiger partial charge in [0.25, 0.3) is 8.32 Å². The smallest absolute Gasteiger partial charge is 0.261 e. The molecule has 2 saturated carbocycles. The van der Waals surface area contributed by atoms with Crippen LogP contribution in [0.1, 0.15) is 91.4 Å². The zero-order chi connectivity index (χ0) is 24.6. The number of hydrogen-bond donors (Lipinski definition) is 0. The van der Waals surface area contributed by atoms with E-state index in [0.717, 1.165) is 31.4 Å². The highest BCUT2D eigenvalue weighted by Gasteiger charge is 2.49. The molecular formula is C32H47BOSi. The van der Waals surface area contributed by atoms with Gasteiger partial charge >= 0.3 is 0 Å². The van der Waals surface area contributed by atoms with Crippen molar-refractivity contribution in [1.29, 1.82) is 0 Å². The highest BCUT2D eigenvalue weighted by Crippen LogP contribution is 2.42. The van der Waals surface area contributed by atoms with E-state index in [0.29, 0.717) is 0 Å². The Balaban J connectivity index is 1.51. The second-order valence-corrected chi connectivity index (χ2v) is 16.4. The number of rotatable bonds is 9. The summed E-state index contributed by atoms with van der Waals surface area (Å²) in [5.41, 5.74) is 0. The van der Waals surface area contributed by atoms with Gasteiger partial charge in [0.2, 0.25) is 0 Å². The summed E-state index contributed by atoms with van der Waals surface area (Å²) in [7, 11) is -2.42. The molecule has 0 bridgehead atoms. The van der Waals surface area contributed by atoms with Crippen molar-refractivity contribution in [1.82, 2.24) is 0 Å². The molecule has 0 saturated heterocycles. The maximum atomic E-state index is 7.13. The molecule has 2 fully saturated rings. The molecule has 0 spiro atoms. The Hall–Kier alpha value is -1.58. The Bertz CT molecular complexity index is 835. The van der Waals surface area contributed by atoms with Crippen molar-refractivity contribution in [3.63, 3.8) is 0 Å². The molecule has 2 aliphatic carbocycles. The van der Waals surface area contributed by atoms with E-state index in [9.17, 15) is 0 Å². The first kappa shape index (κ1) is 26.5. The van der Waals surface area contributed by atoms with Crippen LogP contribution in [0.2, 0.25) is 16.7 Å². The molecule has 0 amide bonds. The third kappa shape index (κ3) is 6.41. The van der Waals surface area contributed by atoms with Gasteiger partial charge in [0.05, 0.1) is 0 Å². The summed E-state index contributed by atoms with van der Waals surface area (Å²) in [6.07, 6.45) is 18.0. The van der Waals surface area contributed by atoms with Crippen molar-refractivity contribution in [2.75, 3.05) is 6.61 Å². The lowest BCUT2D eigenvalue weighted by Gasteiger charge is -2.43. The van der Waals surface area contributed by atoms with Crippen LogP contribution in [-0.2, 0) is 4.43 Å². The summed E-state index contributed by atoms with van der Waals surface area (Å²) in [5.74, 6) is 4.47. The summed E-state index contributed by atoms with van der Waals surface area (Å²) in [6, 6.07) is 22.1. The van der Waals surface area contributed by atoms with Gasteiger partial charge in [0.15, 0.2) is 6.71 Å². The first-order chi connectivity index (χ1) is 17.0. The molecule has 2 aromatic rings. The first-order valence-corrected chi connectivity index (χ1v) is 16.3. The predicted molar refractivity (Wildman–Crippen MR) is 157 cm³/mol. The van der Waals surface area contributed by atoms with Gasteiger partial charge in [0.1, 0.15) is 0 Å². The van der Waals surface area contributed by atoms with Crippen LogP contribution in [0.4, 0.5) is 0 Å². The van der Waals surface area contributed by atoms with Crippen LogP contribution in [0.5, 0.6) is 0 Å². The van der Waals surface area contributed by atoms with E-state index < -0.39 is 8.32 Å². The lowest BCUT2D eigenvalue weighted by molar-refractivity contribution is 0.304. The van der Waals surface area contributed by atoms with E-state index in [2.05, 4.69) is 93.5 Å². The Kier molecular flexibility index (Phi) is 9.53. The normalized spacial score (nSPS) is 18.7. The fourth-order valence-electron chi connectivity index (χ4n) is 7.03. The van der Waals surface area contributed by atoms with Crippen LogP contribution in [0.25, 0.3) is 0 Å². The van der Waals surface area contributed by atoms with Crippen molar-refractivity contribution in [2.45, 2.75) is 108 Å². The fraction of sp³-hybridized carbons (Fsp3) is 0.562. The van der Waals surface area contributed by atoms with Gasteiger partial charge in [-0.15, -0.1) is 5.98 Å². The van der Waals surface area contributed by atoms with Gasteiger partial charge in [-0.1, -0.05) is 163 Å². The second-order valence-electron chi connectivity index (χ2n) is 12.1. The van der Waals surface area contributed by atoms with Crippen LogP contribution in [0, 0.1) is 0 Å². The quantitative estimate of drug-likeness (QED) is 0.256. The molecule has 1 nitrogen and oxygen atoms in total. The molecule has 3 heteroatoms. The minimum absolute atomic E-state index is 0.0478. The molecule has 35 heavy (non-hydrogen) atoms.